The van der Waals surface area contributed by atoms with E-state index in [2.05, 4.69) is 5.32 Å². The van der Waals surface area contributed by atoms with Gasteiger partial charge in [0, 0.05) is 16.3 Å². The molecule has 3 aromatic rings. The summed E-state index contributed by atoms with van der Waals surface area (Å²) in [7, 11) is 0. The second-order valence-corrected chi connectivity index (χ2v) is 7.38. The Morgan fingerprint density at radius 2 is 1.57 bits per heavy atom. The lowest BCUT2D eigenvalue weighted by molar-refractivity contribution is -0.136. The molecule has 0 atom stereocenters. The van der Waals surface area contributed by atoms with E-state index < -0.39 is 5.97 Å². The van der Waals surface area contributed by atoms with Gasteiger partial charge in [-0.1, -0.05) is 23.7 Å². The lowest BCUT2D eigenvalue weighted by Gasteiger charge is -2.10. The monoisotopic (exact) mass is 423 g/mol. The maximum absolute atomic E-state index is 12.5. The van der Waals surface area contributed by atoms with Gasteiger partial charge in [-0.05, 0) is 86.0 Å². The summed E-state index contributed by atoms with van der Waals surface area (Å²) in [4.78, 5) is 24.5. The highest BCUT2D eigenvalue weighted by atomic mass is 35.5. The average molecular weight is 424 g/mol. The molecule has 5 nitrogen and oxygen atoms in total. The fourth-order valence-corrected chi connectivity index (χ4v) is 2.87. The van der Waals surface area contributed by atoms with E-state index >= 15 is 0 Å². The van der Waals surface area contributed by atoms with E-state index in [-0.39, 0.29) is 12.5 Å². The Hall–Kier alpha value is -3.31. The summed E-state index contributed by atoms with van der Waals surface area (Å²) >= 11 is 5.97. The number of esters is 1. The third-order valence-corrected chi connectivity index (χ3v) is 4.90. The number of carbonyl (C=O) groups excluding carboxylic acids is 2. The van der Waals surface area contributed by atoms with Crippen molar-refractivity contribution in [3.8, 4) is 11.5 Å². The van der Waals surface area contributed by atoms with Gasteiger partial charge in [0.25, 0.3) is 5.91 Å². The van der Waals surface area contributed by atoms with Gasteiger partial charge in [0.1, 0.15) is 11.5 Å². The Morgan fingerprint density at radius 1 is 0.867 bits per heavy atom. The Labute approximate surface area is 180 Å². The zero-order valence-electron chi connectivity index (χ0n) is 17.0. The van der Waals surface area contributed by atoms with Gasteiger partial charge < -0.3 is 14.8 Å². The van der Waals surface area contributed by atoms with Gasteiger partial charge in [0.05, 0.1) is 0 Å². The molecule has 0 aliphatic rings. The van der Waals surface area contributed by atoms with Crippen molar-refractivity contribution in [3.63, 3.8) is 0 Å². The van der Waals surface area contributed by atoms with Crippen molar-refractivity contribution in [3.05, 3.63) is 87.9 Å². The summed E-state index contributed by atoms with van der Waals surface area (Å²) in [5.41, 5.74) is 4.13. The Kier molecular flexibility index (Phi) is 6.75. The lowest BCUT2D eigenvalue weighted by Crippen LogP contribution is -2.18. The van der Waals surface area contributed by atoms with Crippen LogP contribution in [0, 0.1) is 20.8 Å². The number of aryl methyl sites for hydroxylation is 3. The number of hydrogen-bond acceptors (Lipinski definition) is 4. The molecule has 1 amide bonds. The van der Waals surface area contributed by atoms with Crippen LogP contribution < -0.4 is 14.8 Å². The van der Waals surface area contributed by atoms with Crippen LogP contribution in [0.5, 0.6) is 11.5 Å². The van der Waals surface area contributed by atoms with Crippen molar-refractivity contribution in [1.82, 2.24) is 0 Å². The van der Waals surface area contributed by atoms with Crippen molar-refractivity contribution in [2.45, 2.75) is 20.8 Å². The first kappa shape index (κ1) is 21.4. The van der Waals surface area contributed by atoms with Crippen molar-refractivity contribution in [1.29, 1.82) is 0 Å². The predicted octanol–water partition coefficient (Wildman–Crippen LogP) is 5.50. The second-order valence-electron chi connectivity index (χ2n) is 6.97. The molecule has 0 radical (unpaired) electrons. The molecule has 0 fully saturated rings. The highest BCUT2D eigenvalue weighted by Gasteiger charge is 2.11. The fraction of sp³-hybridized carbons (Fsp3) is 0.167. The van der Waals surface area contributed by atoms with Crippen molar-refractivity contribution in [2.75, 3.05) is 11.9 Å². The molecule has 3 aromatic carbocycles. The topological polar surface area (TPSA) is 64.6 Å². The summed E-state index contributed by atoms with van der Waals surface area (Å²) < 4.78 is 10.7. The number of benzene rings is 3. The lowest BCUT2D eigenvalue weighted by atomic mass is 10.1. The fourth-order valence-electron chi connectivity index (χ4n) is 2.75. The van der Waals surface area contributed by atoms with Crippen LogP contribution in [0.15, 0.2) is 60.7 Å². The highest BCUT2D eigenvalue weighted by molar-refractivity contribution is 6.31. The van der Waals surface area contributed by atoms with E-state index in [0.29, 0.717) is 22.1 Å². The van der Waals surface area contributed by atoms with Gasteiger partial charge in [0.2, 0.25) is 0 Å². The Bertz CT molecular complexity index is 1080. The molecular formula is C24H22ClNO4. The zero-order valence-corrected chi connectivity index (χ0v) is 17.7. The predicted molar refractivity (Wildman–Crippen MR) is 118 cm³/mol. The van der Waals surface area contributed by atoms with E-state index in [1.807, 2.05) is 39.0 Å². The first-order chi connectivity index (χ1) is 14.3. The number of hydrogen-bond donors (Lipinski definition) is 1. The van der Waals surface area contributed by atoms with Crippen molar-refractivity contribution < 1.29 is 19.1 Å². The van der Waals surface area contributed by atoms with Crippen LogP contribution in [0.4, 0.5) is 5.69 Å². The van der Waals surface area contributed by atoms with Gasteiger partial charge in [-0.15, -0.1) is 0 Å². The summed E-state index contributed by atoms with van der Waals surface area (Å²) in [6.07, 6.45) is 0. The number of amides is 1. The molecular weight excluding hydrogens is 402 g/mol. The molecule has 6 heteroatoms. The third-order valence-electron chi connectivity index (χ3n) is 4.48. The number of carbonyl (C=O) groups is 2. The summed E-state index contributed by atoms with van der Waals surface area (Å²) in [6.45, 7) is 5.52. The number of ether oxygens (including phenoxy) is 2. The molecule has 0 bridgehead atoms. The molecule has 1 N–H and O–H groups in total. The van der Waals surface area contributed by atoms with E-state index in [0.717, 1.165) is 22.4 Å². The van der Waals surface area contributed by atoms with Crippen molar-refractivity contribution in [2.24, 2.45) is 0 Å². The summed E-state index contributed by atoms with van der Waals surface area (Å²) in [5, 5.41) is 3.53. The largest absolute Gasteiger partial charge is 0.482 e. The molecule has 0 unspecified atom stereocenters. The molecule has 0 saturated heterocycles. The van der Waals surface area contributed by atoms with Crippen LogP contribution >= 0.6 is 11.6 Å². The molecule has 0 aliphatic carbocycles. The maximum Gasteiger partial charge on any atom is 0.349 e. The normalized spacial score (nSPS) is 10.4. The molecule has 154 valence electrons. The number of nitrogens with one attached hydrogen (secondary N) is 1. The van der Waals surface area contributed by atoms with Gasteiger partial charge >= 0.3 is 5.97 Å². The van der Waals surface area contributed by atoms with E-state index in [4.69, 9.17) is 21.1 Å². The molecule has 0 spiro atoms. The first-order valence-corrected chi connectivity index (χ1v) is 9.78. The number of halogens is 1. The smallest absolute Gasteiger partial charge is 0.349 e. The number of rotatable bonds is 6. The standard InChI is InChI=1S/C24H22ClNO4/c1-15-4-5-16(2)22(12-15)26-24(28)18-6-8-19(9-7-18)30-23(27)14-29-20-10-11-21(25)17(3)13-20/h4-13H,14H2,1-3H3,(H,26,28). The Balaban J connectivity index is 1.55. The molecule has 0 aromatic heterocycles. The molecule has 3 rings (SSSR count). The molecule has 30 heavy (non-hydrogen) atoms. The maximum atomic E-state index is 12.5. The van der Waals surface area contributed by atoms with Crippen LogP contribution in [0.1, 0.15) is 27.0 Å². The van der Waals surface area contributed by atoms with Gasteiger partial charge in [-0.3, -0.25) is 4.79 Å². The van der Waals surface area contributed by atoms with Crippen LogP contribution in [-0.4, -0.2) is 18.5 Å². The minimum absolute atomic E-state index is 0.233. The second kappa shape index (κ2) is 9.46. The molecule has 0 heterocycles. The molecule has 0 saturated carbocycles. The highest BCUT2D eigenvalue weighted by Crippen LogP contribution is 2.21. The average Bonchev–Trinajstić information content (AvgIpc) is 2.72. The minimum Gasteiger partial charge on any atom is -0.482 e. The van der Waals surface area contributed by atoms with E-state index in [1.165, 1.54) is 0 Å². The zero-order chi connectivity index (χ0) is 21.7. The Morgan fingerprint density at radius 3 is 2.27 bits per heavy atom. The summed E-state index contributed by atoms with van der Waals surface area (Å²) in [5.74, 6) is 0.0877. The number of anilines is 1. The quantitative estimate of drug-likeness (QED) is 0.420. The van der Waals surface area contributed by atoms with Crippen molar-refractivity contribution >= 4 is 29.2 Å². The van der Waals surface area contributed by atoms with Crippen LogP contribution in [0.25, 0.3) is 0 Å². The first-order valence-electron chi connectivity index (χ1n) is 9.40. The van der Waals surface area contributed by atoms with Crippen LogP contribution in [0.3, 0.4) is 0 Å². The van der Waals surface area contributed by atoms with Gasteiger partial charge in [-0.25, -0.2) is 4.79 Å². The van der Waals surface area contributed by atoms with Gasteiger partial charge in [0.15, 0.2) is 6.61 Å². The molecule has 0 aliphatic heterocycles. The van der Waals surface area contributed by atoms with Crippen LogP contribution in [0.2, 0.25) is 5.02 Å². The summed E-state index contributed by atoms with van der Waals surface area (Å²) in [6, 6.07) is 17.4. The van der Waals surface area contributed by atoms with Crippen LogP contribution in [-0.2, 0) is 4.79 Å². The van der Waals surface area contributed by atoms with E-state index in [1.54, 1.807) is 42.5 Å². The van der Waals surface area contributed by atoms with Gasteiger partial charge in [-0.2, -0.15) is 0 Å². The van der Waals surface area contributed by atoms with E-state index in [9.17, 15) is 9.59 Å². The SMILES string of the molecule is Cc1ccc(C)c(NC(=O)c2ccc(OC(=O)COc3ccc(Cl)c(C)c3)cc2)c1. The minimum atomic E-state index is -0.546. The third kappa shape index (κ3) is 5.61.